The van der Waals surface area contributed by atoms with Gasteiger partial charge in [-0.1, -0.05) is 12.1 Å². The topological polar surface area (TPSA) is 33.0 Å². The molecule has 0 aromatic heterocycles. The van der Waals surface area contributed by atoms with Gasteiger partial charge in [-0.05, 0) is 55.1 Å². The Labute approximate surface area is 128 Å². The summed E-state index contributed by atoms with van der Waals surface area (Å²) in [5, 5.41) is 8.93. The molecule has 0 aliphatic carbocycles. The second kappa shape index (κ2) is 7.77. The molecule has 4 heteroatoms. The summed E-state index contributed by atoms with van der Waals surface area (Å²) in [5.41, 5.74) is 0.752. The summed E-state index contributed by atoms with van der Waals surface area (Å²) in [7, 11) is 0. The molecule has 0 aliphatic rings. The lowest BCUT2D eigenvalue weighted by Gasteiger charge is -2.15. The summed E-state index contributed by atoms with van der Waals surface area (Å²) in [5.74, 6) is 1.27. The quantitative estimate of drug-likeness (QED) is 0.497. The smallest absolute Gasteiger partial charge is 0.137 e. The van der Waals surface area contributed by atoms with Crippen molar-refractivity contribution in [1.29, 1.82) is 5.26 Å². The lowest BCUT2D eigenvalue weighted by molar-refractivity contribution is 0.291. The Morgan fingerprint density at radius 2 is 2.11 bits per heavy atom. The van der Waals surface area contributed by atoms with E-state index in [9.17, 15) is 0 Å². The lowest BCUT2D eigenvalue weighted by Crippen LogP contribution is -2.08. The molecule has 0 amide bonds. The minimum Gasteiger partial charge on any atom is -0.492 e. The van der Waals surface area contributed by atoms with E-state index in [-0.39, 0.29) is 5.41 Å². The summed E-state index contributed by atoms with van der Waals surface area (Å²) in [4.78, 5) is 0. The number of nitrogens with zero attached hydrogens (tertiary/aromatic N) is 1. The maximum atomic E-state index is 8.93. The van der Waals surface area contributed by atoms with Crippen LogP contribution >= 0.6 is 27.5 Å². The van der Waals surface area contributed by atoms with Crippen LogP contribution in [0, 0.1) is 16.7 Å². The molecule has 1 aromatic carbocycles. The van der Waals surface area contributed by atoms with Gasteiger partial charge in [0.05, 0.1) is 28.4 Å². The average molecular weight is 345 g/mol. The molecule has 0 unspecified atom stereocenters. The van der Waals surface area contributed by atoms with Gasteiger partial charge in [0.15, 0.2) is 0 Å². The molecule has 1 rings (SSSR count). The Kier molecular flexibility index (Phi) is 6.68. The van der Waals surface area contributed by atoms with E-state index < -0.39 is 0 Å². The van der Waals surface area contributed by atoms with E-state index in [1.165, 1.54) is 0 Å². The van der Waals surface area contributed by atoms with Gasteiger partial charge < -0.3 is 4.74 Å². The van der Waals surface area contributed by atoms with Crippen LogP contribution in [0.1, 0.15) is 38.7 Å². The Hall–Kier alpha value is -0.720. The van der Waals surface area contributed by atoms with Crippen molar-refractivity contribution in [2.24, 2.45) is 5.41 Å². The normalized spacial score (nSPS) is 11.1. The number of alkyl halides is 1. The first-order valence-electron chi connectivity index (χ1n) is 6.37. The fraction of sp³-hybridized carbons (Fsp3) is 0.533. The van der Waals surface area contributed by atoms with Gasteiger partial charge in [-0.15, -0.1) is 11.6 Å². The highest BCUT2D eigenvalue weighted by atomic mass is 79.9. The van der Waals surface area contributed by atoms with Gasteiger partial charge >= 0.3 is 0 Å². The maximum Gasteiger partial charge on any atom is 0.137 e. The maximum absolute atomic E-state index is 8.93. The van der Waals surface area contributed by atoms with Crippen molar-refractivity contribution in [1.82, 2.24) is 0 Å². The summed E-state index contributed by atoms with van der Waals surface area (Å²) >= 11 is 9.36. The molecule has 1 aromatic rings. The van der Waals surface area contributed by atoms with Crippen LogP contribution in [0.25, 0.3) is 0 Å². The first-order chi connectivity index (χ1) is 9.00. The van der Waals surface area contributed by atoms with Crippen LogP contribution in [0.3, 0.4) is 0 Å². The SMILES string of the molecule is CC(C)(C#N)CCCCOc1c(Br)cccc1CCl. The second-order valence-electron chi connectivity index (χ2n) is 5.16. The van der Waals surface area contributed by atoms with Gasteiger partial charge in [-0.2, -0.15) is 5.26 Å². The zero-order valence-electron chi connectivity index (χ0n) is 11.4. The fourth-order valence-corrected chi connectivity index (χ4v) is 2.45. The Bertz CT molecular complexity index is 454. The Morgan fingerprint density at radius 3 is 2.74 bits per heavy atom. The molecular weight excluding hydrogens is 326 g/mol. The summed E-state index contributed by atoms with van der Waals surface area (Å²) in [6.07, 6.45) is 2.82. The molecule has 0 fully saturated rings. The number of hydrogen-bond donors (Lipinski definition) is 0. The molecule has 19 heavy (non-hydrogen) atoms. The zero-order chi connectivity index (χ0) is 14.3. The average Bonchev–Trinajstić information content (AvgIpc) is 2.39. The van der Waals surface area contributed by atoms with Gasteiger partial charge in [0.25, 0.3) is 0 Å². The number of hydrogen-bond acceptors (Lipinski definition) is 2. The highest BCUT2D eigenvalue weighted by Crippen LogP contribution is 2.30. The van der Waals surface area contributed by atoms with Gasteiger partial charge in [0, 0.05) is 5.56 Å². The predicted molar refractivity (Wildman–Crippen MR) is 82.4 cm³/mol. The van der Waals surface area contributed by atoms with Gasteiger partial charge in [-0.3, -0.25) is 0 Å². The van der Waals surface area contributed by atoms with Crippen LogP contribution in [-0.4, -0.2) is 6.61 Å². The van der Waals surface area contributed by atoms with Crippen molar-refractivity contribution in [3.63, 3.8) is 0 Å². The van der Waals surface area contributed by atoms with E-state index >= 15 is 0 Å². The van der Waals surface area contributed by atoms with E-state index in [1.54, 1.807) is 0 Å². The van der Waals surface area contributed by atoms with E-state index in [2.05, 4.69) is 22.0 Å². The third kappa shape index (κ3) is 5.42. The van der Waals surface area contributed by atoms with Crippen LogP contribution in [0.2, 0.25) is 0 Å². The van der Waals surface area contributed by atoms with Crippen molar-refractivity contribution in [3.8, 4) is 11.8 Å². The van der Waals surface area contributed by atoms with E-state index in [0.29, 0.717) is 12.5 Å². The van der Waals surface area contributed by atoms with Gasteiger partial charge in [0.1, 0.15) is 5.75 Å². The van der Waals surface area contributed by atoms with E-state index in [4.69, 9.17) is 21.6 Å². The van der Waals surface area contributed by atoms with Gasteiger partial charge in [-0.25, -0.2) is 0 Å². The van der Waals surface area contributed by atoms with Crippen LogP contribution in [0.4, 0.5) is 0 Å². The minimum atomic E-state index is -0.241. The van der Waals surface area contributed by atoms with Crippen molar-refractivity contribution >= 4 is 27.5 Å². The molecule has 0 saturated heterocycles. The largest absolute Gasteiger partial charge is 0.492 e. The third-order valence-electron chi connectivity index (χ3n) is 2.94. The molecular formula is C15H19BrClNO. The molecule has 0 aliphatic heterocycles. The molecule has 0 atom stereocenters. The summed E-state index contributed by atoms with van der Waals surface area (Å²) in [6.45, 7) is 4.58. The Morgan fingerprint density at radius 1 is 1.37 bits per heavy atom. The Balaban J connectivity index is 2.40. The molecule has 0 spiro atoms. The second-order valence-corrected chi connectivity index (χ2v) is 6.28. The number of nitriles is 1. The number of unbranched alkanes of at least 4 members (excludes halogenated alkanes) is 1. The first kappa shape index (κ1) is 16.3. The summed E-state index contributed by atoms with van der Waals surface area (Å²) < 4.78 is 6.73. The highest BCUT2D eigenvalue weighted by Gasteiger charge is 2.15. The minimum absolute atomic E-state index is 0.241. The lowest BCUT2D eigenvalue weighted by atomic mass is 9.89. The number of halogens is 2. The van der Waals surface area contributed by atoms with Gasteiger partial charge in [0.2, 0.25) is 0 Å². The van der Waals surface area contributed by atoms with Crippen molar-refractivity contribution in [2.45, 2.75) is 39.0 Å². The van der Waals surface area contributed by atoms with Crippen LogP contribution in [0.5, 0.6) is 5.75 Å². The van der Waals surface area contributed by atoms with Crippen molar-refractivity contribution in [2.75, 3.05) is 6.61 Å². The van der Waals surface area contributed by atoms with Crippen molar-refractivity contribution in [3.05, 3.63) is 28.2 Å². The van der Waals surface area contributed by atoms with E-state index in [1.807, 2.05) is 32.0 Å². The predicted octanol–water partition coefficient (Wildman–Crippen LogP) is 5.29. The highest BCUT2D eigenvalue weighted by molar-refractivity contribution is 9.10. The third-order valence-corrected chi connectivity index (χ3v) is 3.85. The molecule has 0 radical (unpaired) electrons. The first-order valence-corrected chi connectivity index (χ1v) is 7.70. The molecule has 0 heterocycles. The van der Waals surface area contributed by atoms with Crippen LogP contribution < -0.4 is 4.74 Å². The number of benzene rings is 1. The van der Waals surface area contributed by atoms with Crippen LogP contribution in [0.15, 0.2) is 22.7 Å². The molecule has 104 valence electrons. The zero-order valence-corrected chi connectivity index (χ0v) is 13.7. The number of rotatable bonds is 7. The number of ether oxygens (including phenoxy) is 1. The molecule has 2 nitrogen and oxygen atoms in total. The standard InChI is InChI=1S/C15H19BrClNO/c1-15(2,11-18)8-3-4-9-19-14-12(10-17)6-5-7-13(14)16/h5-7H,3-4,8-10H2,1-2H3. The summed E-state index contributed by atoms with van der Waals surface area (Å²) in [6, 6.07) is 8.17. The van der Waals surface area contributed by atoms with Crippen molar-refractivity contribution < 1.29 is 4.74 Å². The van der Waals surface area contributed by atoms with E-state index in [0.717, 1.165) is 35.0 Å². The number of para-hydroxylation sites is 1. The molecule has 0 bridgehead atoms. The molecule has 0 N–H and O–H groups in total. The fourth-order valence-electron chi connectivity index (χ4n) is 1.72. The van der Waals surface area contributed by atoms with Crippen LogP contribution in [-0.2, 0) is 5.88 Å². The molecule has 0 saturated carbocycles. The monoisotopic (exact) mass is 343 g/mol.